The summed E-state index contributed by atoms with van der Waals surface area (Å²) < 4.78 is 6.51. The molecule has 0 aliphatic heterocycles. The summed E-state index contributed by atoms with van der Waals surface area (Å²) in [7, 11) is 1.56. The Kier molecular flexibility index (Phi) is 2.72. The molecule has 0 radical (unpaired) electrons. The van der Waals surface area contributed by atoms with Crippen LogP contribution in [0.15, 0.2) is 35.1 Å². The van der Waals surface area contributed by atoms with E-state index in [0.717, 1.165) is 5.39 Å². The fourth-order valence-electron chi connectivity index (χ4n) is 1.66. The first-order valence-electron chi connectivity index (χ1n) is 4.87. The topological polar surface area (TPSA) is 48.3 Å². The van der Waals surface area contributed by atoms with Crippen molar-refractivity contribution in [1.82, 2.24) is 4.57 Å². The van der Waals surface area contributed by atoms with Crippen LogP contribution in [0.25, 0.3) is 10.9 Å². The Morgan fingerprint density at radius 3 is 2.75 bits per heavy atom. The van der Waals surface area contributed by atoms with Gasteiger partial charge >= 0.3 is 0 Å². The Labute approximate surface area is 92.1 Å². The third-order valence-electron chi connectivity index (χ3n) is 2.46. The Balaban J connectivity index is 2.77. The summed E-state index contributed by atoms with van der Waals surface area (Å²) in [5, 5.41) is 0.905. The predicted octanol–water partition coefficient (Wildman–Crippen LogP) is 1.21. The van der Waals surface area contributed by atoms with Gasteiger partial charge in [0.05, 0.1) is 19.2 Å². The van der Waals surface area contributed by atoms with Crippen molar-refractivity contribution < 1.29 is 9.53 Å². The molecule has 82 valence electrons. The van der Waals surface area contributed by atoms with E-state index in [2.05, 4.69) is 0 Å². The maximum Gasteiger partial charge on any atom is 0.251 e. The predicted molar refractivity (Wildman–Crippen MR) is 60.8 cm³/mol. The van der Waals surface area contributed by atoms with E-state index in [4.69, 9.17) is 4.74 Å². The minimum Gasteiger partial charge on any atom is -0.497 e. The normalized spacial score (nSPS) is 10.3. The minimum atomic E-state index is -0.187. The zero-order chi connectivity index (χ0) is 11.5. The molecule has 0 aliphatic carbocycles. The molecular formula is C12H11NO3. The van der Waals surface area contributed by atoms with Gasteiger partial charge in [-0.05, 0) is 23.6 Å². The van der Waals surface area contributed by atoms with Gasteiger partial charge in [0.25, 0.3) is 5.56 Å². The lowest BCUT2D eigenvalue weighted by Crippen LogP contribution is -2.19. The molecule has 1 heterocycles. The molecule has 0 fully saturated rings. The number of nitrogens with zero attached hydrogens (tertiary/aromatic N) is 1. The van der Waals surface area contributed by atoms with Crippen LogP contribution in [-0.2, 0) is 11.3 Å². The molecule has 16 heavy (non-hydrogen) atoms. The van der Waals surface area contributed by atoms with Gasteiger partial charge in [0.15, 0.2) is 0 Å². The van der Waals surface area contributed by atoms with E-state index >= 15 is 0 Å². The van der Waals surface area contributed by atoms with Crippen LogP contribution in [0, 0.1) is 0 Å². The van der Waals surface area contributed by atoms with Gasteiger partial charge < -0.3 is 14.1 Å². The Morgan fingerprint density at radius 2 is 2.06 bits per heavy atom. The molecule has 0 unspecified atom stereocenters. The Morgan fingerprint density at radius 1 is 1.31 bits per heavy atom. The van der Waals surface area contributed by atoms with Crippen molar-refractivity contribution in [3.63, 3.8) is 0 Å². The lowest BCUT2D eigenvalue weighted by molar-refractivity contribution is -0.108. The van der Waals surface area contributed by atoms with Gasteiger partial charge in [0, 0.05) is 12.1 Å². The highest BCUT2D eigenvalue weighted by Crippen LogP contribution is 2.18. The SMILES string of the molecule is COc1ccc2ccc(=O)n(CC=O)c2c1. The number of hydrogen-bond acceptors (Lipinski definition) is 3. The van der Waals surface area contributed by atoms with Gasteiger partial charge in [-0.25, -0.2) is 0 Å². The zero-order valence-corrected chi connectivity index (χ0v) is 8.84. The highest BCUT2D eigenvalue weighted by atomic mass is 16.5. The van der Waals surface area contributed by atoms with Crippen molar-refractivity contribution >= 4 is 17.2 Å². The molecule has 0 spiro atoms. The van der Waals surface area contributed by atoms with Gasteiger partial charge in [-0.15, -0.1) is 0 Å². The summed E-state index contributed by atoms with van der Waals surface area (Å²) in [5.74, 6) is 0.665. The fourth-order valence-corrected chi connectivity index (χ4v) is 1.66. The third kappa shape index (κ3) is 1.69. The van der Waals surface area contributed by atoms with Crippen LogP contribution in [0.3, 0.4) is 0 Å². The second-order valence-electron chi connectivity index (χ2n) is 3.37. The summed E-state index contributed by atoms with van der Waals surface area (Å²) in [6, 6.07) is 8.62. The third-order valence-corrected chi connectivity index (χ3v) is 2.46. The lowest BCUT2D eigenvalue weighted by Gasteiger charge is -2.08. The number of pyridine rings is 1. The average molecular weight is 217 g/mol. The van der Waals surface area contributed by atoms with Crippen molar-refractivity contribution in [3.05, 3.63) is 40.7 Å². The number of aromatic nitrogens is 1. The van der Waals surface area contributed by atoms with E-state index in [1.807, 2.05) is 12.1 Å². The standard InChI is InChI=1S/C12H11NO3/c1-16-10-4-2-9-3-5-12(15)13(6-7-14)11(9)8-10/h2-5,7-8H,6H2,1H3. The molecule has 0 saturated heterocycles. The summed E-state index contributed by atoms with van der Waals surface area (Å²) in [6.45, 7) is 0.0589. The number of aldehydes is 1. The molecule has 1 aromatic heterocycles. The van der Waals surface area contributed by atoms with Crippen LogP contribution in [0.2, 0.25) is 0 Å². The van der Waals surface area contributed by atoms with Gasteiger partial charge in [0.1, 0.15) is 12.0 Å². The molecule has 0 saturated carbocycles. The number of ether oxygens (including phenoxy) is 1. The van der Waals surface area contributed by atoms with Crippen LogP contribution >= 0.6 is 0 Å². The van der Waals surface area contributed by atoms with Crippen LogP contribution in [-0.4, -0.2) is 18.0 Å². The molecule has 0 atom stereocenters. The molecule has 0 N–H and O–H groups in total. The van der Waals surface area contributed by atoms with Crippen LogP contribution in [0.4, 0.5) is 0 Å². The minimum absolute atomic E-state index is 0.0589. The monoisotopic (exact) mass is 217 g/mol. The lowest BCUT2D eigenvalue weighted by atomic mass is 10.2. The number of benzene rings is 1. The summed E-state index contributed by atoms with van der Waals surface area (Å²) in [4.78, 5) is 22.1. The first-order chi connectivity index (χ1) is 7.76. The number of carbonyl (C=O) groups is 1. The average Bonchev–Trinajstić information content (AvgIpc) is 2.32. The number of rotatable bonds is 3. The molecule has 4 nitrogen and oxygen atoms in total. The van der Waals surface area contributed by atoms with Gasteiger partial charge in [-0.2, -0.15) is 0 Å². The second kappa shape index (κ2) is 4.18. The highest BCUT2D eigenvalue weighted by Gasteiger charge is 2.03. The van der Waals surface area contributed by atoms with E-state index in [1.54, 1.807) is 19.2 Å². The summed E-state index contributed by atoms with van der Waals surface area (Å²) in [6.07, 6.45) is 0.709. The molecular weight excluding hydrogens is 206 g/mol. The molecule has 1 aromatic carbocycles. The number of methoxy groups -OCH3 is 1. The number of hydrogen-bond donors (Lipinski definition) is 0. The maximum atomic E-state index is 11.6. The van der Waals surface area contributed by atoms with E-state index in [1.165, 1.54) is 10.6 Å². The van der Waals surface area contributed by atoms with Crippen molar-refractivity contribution in [2.24, 2.45) is 0 Å². The number of fused-ring (bicyclic) bond motifs is 1. The molecule has 0 aliphatic rings. The number of carbonyl (C=O) groups excluding carboxylic acids is 1. The maximum absolute atomic E-state index is 11.6. The summed E-state index contributed by atoms with van der Waals surface area (Å²) in [5.41, 5.74) is 0.520. The van der Waals surface area contributed by atoms with Gasteiger partial charge in [-0.1, -0.05) is 0 Å². The smallest absolute Gasteiger partial charge is 0.251 e. The Bertz CT molecular complexity index is 586. The van der Waals surface area contributed by atoms with Gasteiger partial charge in [-0.3, -0.25) is 4.79 Å². The van der Waals surface area contributed by atoms with Crippen molar-refractivity contribution in [1.29, 1.82) is 0 Å². The van der Waals surface area contributed by atoms with Crippen molar-refractivity contribution in [2.45, 2.75) is 6.54 Å². The molecule has 2 aromatic rings. The largest absolute Gasteiger partial charge is 0.497 e. The Hall–Kier alpha value is -2.10. The van der Waals surface area contributed by atoms with Gasteiger partial charge in [0.2, 0.25) is 0 Å². The van der Waals surface area contributed by atoms with E-state index in [9.17, 15) is 9.59 Å². The molecule has 2 rings (SSSR count). The van der Waals surface area contributed by atoms with Crippen LogP contribution in [0.5, 0.6) is 5.75 Å². The molecule has 4 heteroatoms. The van der Waals surface area contributed by atoms with Crippen LogP contribution in [0.1, 0.15) is 0 Å². The molecule has 0 bridgehead atoms. The van der Waals surface area contributed by atoms with E-state index in [-0.39, 0.29) is 12.1 Å². The highest BCUT2D eigenvalue weighted by molar-refractivity contribution is 5.81. The second-order valence-corrected chi connectivity index (χ2v) is 3.37. The quantitative estimate of drug-likeness (QED) is 0.726. The van der Waals surface area contributed by atoms with Crippen LogP contribution < -0.4 is 10.3 Å². The molecule has 0 amide bonds. The van der Waals surface area contributed by atoms with E-state index in [0.29, 0.717) is 17.6 Å². The zero-order valence-electron chi connectivity index (χ0n) is 8.84. The first-order valence-corrected chi connectivity index (χ1v) is 4.87. The van der Waals surface area contributed by atoms with E-state index < -0.39 is 0 Å². The first kappa shape index (κ1) is 10.4. The summed E-state index contributed by atoms with van der Waals surface area (Å²) >= 11 is 0. The van der Waals surface area contributed by atoms with Crippen molar-refractivity contribution in [3.8, 4) is 5.75 Å². The van der Waals surface area contributed by atoms with Crippen molar-refractivity contribution in [2.75, 3.05) is 7.11 Å². The fraction of sp³-hybridized carbons (Fsp3) is 0.167.